The fourth-order valence-corrected chi connectivity index (χ4v) is 14.6. The van der Waals surface area contributed by atoms with E-state index in [-0.39, 0.29) is 84.3 Å². The number of amides is 4. The SMILES string of the molecule is C#CC1=C(/C=C\C)c2ccccc2C1(C1CCC2OC3CC4C(=O)N(c5cccc(C#C)c5)C(=O)C4CC3OC2C1)C1CCC2OC3CC4C(=O)N(c5cccc(C#C)c5)C(=O)C4CC3OC2C1. The summed E-state index contributed by atoms with van der Waals surface area (Å²) in [6.07, 6.45) is 26.7. The van der Waals surface area contributed by atoms with Crippen LogP contribution in [0, 0.1) is 72.5 Å². The predicted molar refractivity (Wildman–Crippen MR) is 254 cm³/mol. The third-order valence-electron chi connectivity index (χ3n) is 17.4. The van der Waals surface area contributed by atoms with E-state index in [0.717, 1.165) is 55.2 Å². The van der Waals surface area contributed by atoms with Crippen LogP contribution in [0.5, 0.6) is 0 Å². The molecule has 3 aromatic rings. The molecule has 68 heavy (non-hydrogen) atoms. The molecule has 4 amide bonds. The molecule has 3 aromatic carbocycles. The van der Waals surface area contributed by atoms with Crippen LogP contribution in [0.25, 0.3) is 5.57 Å². The van der Waals surface area contributed by atoms with Gasteiger partial charge in [-0.1, -0.05) is 66.3 Å². The van der Waals surface area contributed by atoms with Gasteiger partial charge in [-0.25, -0.2) is 0 Å². The maximum atomic E-state index is 14.0. The zero-order valence-electron chi connectivity index (χ0n) is 38.1. The number of carbonyl (C=O) groups is 4. The van der Waals surface area contributed by atoms with Gasteiger partial charge in [-0.2, -0.15) is 0 Å². The average molecular weight is 907 g/mol. The summed E-state index contributed by atoms with van der Waals surface area (Å²) in [7, 11) is 0. The number of benzene rings is 3. The monoisotopic (exact) mass is 906 g/mol. The molecule has 14 atom stereocenters. The number of terminal acetylenes is 3. The van der Waals surface area contributed by atoms with Crippen LogP contribution >= 0.6 is 0 Å². The molecule has 14 unspecified atom stereocenters. The Kier molecular flexibility index (Phi) is 10.5. The molecule has 5 aliphatic carbocycles. The Morgan fingerprint density at radius 2 is 0.956 bits per heavy atom. The molecule has 0 radical (unpaired) electrons. The molecular formula is C58H54N2O8. The highest BCUT2D eigenvalue weighted by molar-refractivity contribution is 6.23. The summed E-state index contributed by atoms with van der Waals surface area (Å²) in [6.45, 7) is 2.03. The van der Waals surface area contributed by atoms with Crippen molar-refractivity contribution in [1.29, 1.82) is 0 Å². The van der Waals surface area contributed by atoms with Crippen LogP contribution in [0.3, 0.4) is 0 Å². The number of imide groups is 2. The van der Waals surface area contributed by atoms with E-state index in [0.29, 0.717) is 48.2 Å². The molecule has 4 heterocycles. The lowest BCUT2D eigenvalue weighted by atomic mass is 9.53. The summed E-state index contributed by atoms with van der Waals surface area (Å²) >= 11 is 0. The number of carbonyl (C=O) groups excluding carboxylic acids is 4. The zero-order chi connectivity index (χ0) is 46.6. The average Bonchev–Trinajstić information content (AvgIpc) is 3.89. The second kappa shape index (κ2) is 16.6. The maximum Gasteiger partial charge on any atom is 0.237 e. The summed E-state index contributed by atoms with van der Waals surface area (Å²) < 4.78 is 28.2. The van der Waals surface area contributed by atoms with Crippen molar-refractivity contribution in [2.24, 2.45) is 35.5 Å². The van der Waals surface area contributed by atoms with Crippen molar-refractivity contribution in [3.8, 4) is 37.0 Å². The van der Waals surface area contributed by atoms with Gasteiger partial charge in [0.2, 0.25) is 23.6 Å². The Morgan fingerprint density at radius 1 is 0.529 bits per heavy atom. The number of rotatable bonds is 5. The van der Waals surface area contributed by atoms with Crippen molar-refractivity contribution in [3.63, 3.8) is 0 Å². The van der Waals surface area contributed by atoms with Crippen LogP contribution in [0.4, 0.5) is 11.4 Å². The molecule has 12 rings (SSSR count). The van der Waals surface area contributed by atoms with Gasteiger partial charge in [-0.15, -0.1) is 19.3 Å². The lowest BCUT2D eigenvalue weighted by Gasteiger charge is -2.56. The van der Waals surface area contributed by atoms with Crippen molar-refractivity contribution >= 4 is 40.6 Å². The second-order valence-electron chi connectivity index (χ2n) is 20.5. The Balaban J connectivity index is 0.817. The van der Waals surface area contributed by atoms with Crippen molar-refractivity contribution < 1.29 is 38.1 Å². The van der Waals surface area contributed by atoms with Crippen molar-refractivity contribution in [2.75, 3.05) is 9.80 Å². The Hall–Kier alpha value is -6.06. The first-order valence-corrected chi connectivity index (χ1v) is 24.6. The smallest absolute Gasteiger partial charge is 0.237 e. The van der Waals surface area contributed by atoms with E-state index >= 15 is 0 Å². The zero-order valence-corrected chi connectivity index (χ0v) is 38.1. The number of allylic oxidation sites excluding steroid dienone is 4. The molecule has 0 spiro atoms. The van der Waals surface area contributed by atoms with Gasteiger partial charge in [0.05, 0.1) is 83.9 Å². The van der Waals surface area contributed by atoms with E-state index < -0.39 is 29.1 Å². The fraction of sp³-hybridized carbons (Fsp3) is 0.448. The molecule has 4 saturated carbocycles. The van der Waals surface area contributed by atoms with Crippen LogP contribution in [0.1, 0.15) is 93.4 Å². The summed E-state index contributed by atoms with van der Waals surface area (Å²) in [5, 5.41) is 0. The molecule has 0 N–H and O–H groups in total. The number of anilines is 2. The van der Waals surface area contributed by atoms with E-state index in [1.54, 1.807) is 48.5 Å². The third kappa shape index (κ3) is 6.43. The third-order valence-corrected chi connectivity index (χ3v) is 17.4. The lowest BCUT2D eigenvalue weighted by Crippen LogP contribution is -2.59. The highest BCUT2D eigenvalue weighted by Crippen LogP contribution is 2.62. The second-order valence-corrected chi connectivity index (χ2v) is 20.5. The summed E-state index contributed by atoms with van der Waals surface area (Å²) in [4.78, 5) is 58.5. The molecule has 0 bridgehead atoms. The lowest BCUT2D eigenvalue weighted by molar-refractivity contribution is -0.259. The number of hydrogen-bond donors (Lipinski definition) is 0. The largest absolute Gasteiger partial charge is 0.370 e. The number of nitrogens with zero attached hydrogens (tertiary/aromatic N) is 2. The highest BCUT2D eigenvalue weighted by atomic mass is 16.6. The minimum absolute atomic E-state index is 0.0964. The number of ether oxygens (including phenoxy) is 4. The molecule has 8 fully saturated rings. The normalized spacial score (nSPS) is 38.1. The van der Waals surface area contributed by atoms with Gasteiger partial charge in [-0.05, 0) is 136 Å². The molecular weight excluding hydrogens is 853 g/mol. The molecule has 0 aromatic heterocycles. The molecule has 344 valence electrons. The van der Waals surface area contributed by atoms with E-state index in [1.807, 2.05) is 6.92 Å². The van der Waals surface area contributed by atoms with E-state index in [4.69, 9.17) is 38.2 Å². The van der Waals surface area contributed by atoms with Crippen LogP contribution < -0.4 is 9.80 Å². The summed E-state index contributed by atoms with van der Waals surface area (Å²) in [6, 6.07) is 22.8. The minimum Gasteiger partial charge on any atom is -0.370 e. The van der Waals surface area contributed by atoms with E-state index in [9.17, 15) is 19.2 Å². The van der Waals surface area contributed by atoms with Crippen LogP contribution in [-0.2, 0) is 43.5 Å². The number of hydrogen-bond acceptors (Lipinski definition) is 8. The first-order chi connectivity index (χ1) is 33.1. The first kappa shape index (κ1) is 43.2. The van der Waals surface area contributed by atoms with Gasteiger partial charge in [0, 0.05) is 22.1 Å². The summed E-state index contributed by atoms with van der Waals surface area (Å²) in [5.74, 6) is 5.98. The predicted octanol–water partition coefficient (Wildman–Crippen LogP) is 7.71. The highest BCUT2D eigenvalue weighted by Gasteiger charge is 2.62. The van der Waals surface area contributed by atoms with Crippen LogP contribution in [0.15, 0.2) is 90.5 Å². The van der Waals surface area contributed by atoms with Gasteiger partial charge in [0.1, 0.15) is 0 Å². The fourth-order valence-electron chi connectivity index (χ4n) is 14.6. The standard InChI is InChI=1S/C58H54N2O8/c1-5-13-38-39-18-9-10-19-45(39)58(44(38)8-4,34-20-22-46-48(26-34)67-52-30-42-40(28-50(52)65-46)54(61)59(56(42)63)36-16-11-14-32(6-2)24-36)35-21-23-47-49(27-35)68-53-31-43-41(29-51(53)66-47)55(62)60(57(43)64)37-17-12-15-33(7-3)25-37/h2-5,9-19,24-25,34-35,40-43,46-53H,20-23,26-31H2,1H3/b13-5-. The van der Waals surface area contributed by atoms with Crippen molar-refractivity contribution in [3.05, 3.63) is 113 Å². The molecule has 4 saturated heterocycles. The Morgan fingerprint density at radius 3 is 1.38 bits per heavy atom. The topological polar surface area (TPSA) is 112 Å². The minimum atomic E-state index is -0.533. The van der Waals surface area contributed by atoms with Crippen LogP contribution in [0.2, 0.25) is 0 Å². The first-order valence-electron chi connectivity index (χ1n) is 24.6. The van der Waals surface area contributed by atoms with Gasteiger partial charge in [0.15, 0.2) is 0 Å². The van der Waals surface area contributed by atoms with Gasteiger partial charge in [0.25, 0.3) is 0 Å². The quantitative estimate of drug-likeness (QED) is 0.189. The Bertz CT molecular complexity index is 2700. The van der Waals surface area contributed by atoms with E-state index in [1.165, 1.54) is 15.4 Å². The van der Waals surface area contributed by atoms with Gasteiger partial charge in [-0.3, -0.25) is 29.0 Å². The number of fused-ring (bicyclic) bond motifs is 7. The molecule has 10 nitrogen and oxygen atoms in total. The molecule has 10 heteroatoms. The maximum absolute atomic E-state index is 14.0. The van der Waals surface area contributed by atoms with Crippen molar-refractivity contribution in [1.82, 2.24) is 0 Å². The molecule has 4 aliphatic heterocycles. The van der Waals surface area contributed by atoms with E-state index in [2.05, 4.69) is 54.2 Å². The van der Waals surface area contributed by atoms with Crippen molar-refractivity contribution in [2.45, 2.75) is 125 Å². The molecule has 9 aliphatic rings. The Labute approximate surface area is 397 Å². The summed E-state index contributed by atoms with van der Waals surface area (Å²) in [5.41, 5.74) is 6.18. The van der Waals surface area contributed by atoms with Crippen LogP contribution in [-0.4, -0.2) is 72.5 Å². The van der Waals surface area contributed by atoms with Gasteiger partial charge >= 0.3 is 0 Å². The van der Waals surface area contributed by atoms with Gasteiger partial charge < -0.3 is 18.9 Å².